The topological polar surface area (TPSA) is 74.7 Å². The highest BCUT2D eigenvalue weighted by molar-refractivity contribution is 5.91. The lowest BCUT2D eigenvalue weighted by Gasteiger charge is -2.23. The molecule has 7 heteroatoms. The van der Waals surface area contributed by atoms with E-state index < -0.39 is 0 Å². The number of hydrogen-bond donors (Lipinski definition) is 2. The molecule has 0 aliphatic rings. The number of pyridine rings is 1. The van der Waals surface area contributed by atoms with Crippen molar-refractivity contribution >= 4 is 22.6 Å². The lowest BCUT2D eigenvalue weighted by Crippen LogP contribution is -2.28. The number of aliphatic hydroxyl groups excluding tert-OH is 1. The van der Waals surface area contributed by atoms with Gasteiger partial charge in [-0.25, -0.2) is 9.18 Å². The van der Waals surface area contributed by atoms with Gasteiger partial charge in [-0.2, -0.15) is 0 Å². The molecule has 32 heavy (non-hydrogen) atoms. The minimum atomic E-state index is -0.350. The molecular formula is C25H30FN3O3. The first-order valence-corrected chi connectivity index (χ1v) is 10.8. The van der Waals surface area contributed by atoms with E-state index in [9.17, 15) is 14.3 Å². The maximum Gasteiger partial charge on any atom is 0.337 e. The molecule has 1 aromatic heterocycles. The largest absolute Gasteiger partial charge is 0.465 e. The predicted molar refractivity (Wildman–Crippen MR) is 124 cm³/mol. The summed E-state index contributed by atoms with van der Waals surface area (Å²) in [6, 6.07) is 14.1. The van der Waals surface area contributed by atoms with Crippen LogP contribution in [0.25, 0.3) is 10.9 Å². The fourth-order valence-electron chi connectivity index (χ4n) is 3.74. The quantitative estimate of drug-likeness (QED) is 0.436. The van der Waals surface area contributed by atoms with Crippen molar-refractivity contribution in [3.8, 4) is 0 Å². The SMILES string of the molecule is COC(=O)c1ccc(CN(CCO)CCCC(C)Nc2ccnc3cc(F)ccc23)cc1. The van der Waals surface area contributed by atoms with Crippen molar-refractivity contribution < 1.29 is 19.0 Å². The first-order valence-electron chi connectivity index (χ1n) is 10.8. The molecule has 0 fully saturated rings. The Labute approximate surface area is 188 Å². The number of carbonyl (C=O) groups excluding carboxylic acids is 1. The number of rotatable bonds is 11. The van der Waals surface area contributed by atoms with Crippen molar-refractivity contribution in [2.24, 2.45) is 0 Å². The van der Waals surface area contributed by atoms with Gasteiger partial charge < -0.3 is 15.2 Å². The number of aliphatic hydroxyl groups is 1. The van der Waals surface area contributed by atoms with Crippen molar-refractivity contribution in [1.29, 1.82) is 0 Å². The van der Waals surface area contributed by atoms with Gasteiger partial charge in [0.1, 0.15) is 5.82 Å². The number of fused-ring (bicyclic) bond motifs is 1. The Balaban J connectivity index is 1.52. The Kier molecular flexibility index (Phi) is 8.53. The van der Waals surface area contributed by atoms with Gasteiger partial charge in [0.05, 0.1) is 24.8 Å². The molecule has 0 spiro atoms. The molecule has 0 radical (unpaired) electrons. The summed E-state index contributed by atoms with van der Waals surface area (Å²) >= 11 is 0. The molecule has 6 nitrogen and oxygen atoms in total. The molecule has 2 aromatic carbocycles. The van der Waals surface area contributed by atoms with Crippen LogP contribution in [0.3, 0.4) is 0 Å². The summed E-state index contributed by atoms with van der Waals surface area (Å²) in [4.78, 5) is 18.0. The molecule has 3 rings (SSSR count). The van der Waals surface area contributed by atoms with Gasteiger partial charge in [-0.3, -0.25) is 9.88 Å². The van der Waals surface area contributed by atoms with Crippen LogP contribution in [0.4, 0.5) is 10.1 Å². The average Bonchev–Trinajstić information content (AvgIpc) is 2.79. The third kappa shape index (κ3) is 6.48. The molecule has 1 atom stereocenters. The Morgan fingerprint density at radius 2 is 1.97 bits per heavy atom. The van der Waals surface area contributed by atoms with E-state index in [1.165, 1.54) is 19.2 Å². The molecule has 1 unspecified atom stereocenters. The van der Waals surface area contributed by atoms with Crippen molar-refractivity contribution in [1.82, 2.24) is 9.88 Å². The fourth-order valence-corrected chi connectivity index (χ4v) is 3.74. The van der Waals surface area contributed by atoms with Crippen LogP contribution in [0.1, 0.15) is 35.7 Å². The summed E-state index contributed by atoms with van der Waals surface area (Å²) in [6.45, 7) is 4.34. The van der Waals surface area contributed by atoms with Crippen LogP contribution in [-0.2, 0) is 11.3 Å². The van der Waals surface area contributed by atoms with Gasteiger partial charge in [-0.05, 0) is 62.2 Å². The van der Waals surface area contributed by atoms with E-state index in [0.29, 0.717) is 24.2 Å². The monoisotopic (exact) mass is 439 g/mol. The second-order valence-electron chi connectivity index (χ2n) is 7.90. The second-order valence-corrected chi connectivity index (χ2v) is 7.90. The highest BCUT2D eigenvalue weighted by Crippen LogP contribution is 2.23. The van der Waals surface area contributed by atoms with Crippen molar-refractivity contribution in [2.45, 2.75) is 32.4 Å². The van der Waals surface area contributed by atoms with E-state index in [0.717, 1.165) is 36.0 Å². The minimum absolute atomic E-state index is 0.0909. The highest BCUT2D eigenvalue weighted by Gasteiger charge is 2.11. The van der Waals surface area contributed by atoms with Gasteiger partial charge in [-0.15, -0.1) is 0 Å². The molecule has 0 saturated heterocycles. The first kappa shape index (κ1) is 23.6. The number of nitrogens with one attached hydrogen (secondary N) is 1. The maximum atomic E-state index is 13.5. The number of halogens is 1. The second kappa shape index (κ2) is 11.5. The third-order valence-corrected chi connectivity index (χ3v) is 5.42. The molecule has 0 bridgehead atoms. The number of aromatic nitrogens is 1. The van der Waals surface area contributed by atoms with Crippen LogP contribution >= 0.6 is 0 Å². The lowest BCUT2D eigenvalue weighted by atomic mass is 10.1. The van der Waals surface area contributed by atoms with Crippen molar-refractivity contribution in [3.63, 3.8) is 0 Å². The number of nitrogens with zero attached hydrogens (tertiary/aromatic N) is 2. The predicted octanol–water partition coefficient (Wildman–Crippen LogP) is 4.24. The standard InChI is InChI=1S/C25H30FN3O3/c1-18(28-23-11-12-27-24-16-21(26)9-10-22(23)24)4-3-13-29(14-15-30)17-19-5-7-20(8-6-19)25(31)32-2/h5-12,16,18,30H,3-4,13-15,17H2,1-2H3,(H,27,28). The molecule has 3 aromatic rings. The van der Waals surface area contributed by atoms with Gasteiger partial charge >= 0.3 is 5.97 Å². The van der Waals surface area contributed by atoms with Crippen LogP contribution in [0, 0.1) is 5.82 Å². The van der Waals surface area contributed by atoms with Gasteiger partial charge in [0.15, 0.2) is 0 Å². The Morgan fingerprint density at radius 1 is 1.19 bits per heavy atom. The van der Waals surface area contributed by atoms with E-state index in [1.807, 2.05) is 18.2 Å². The molecule has 170 valence electrons. The average molecular weight is 440 g/mol. The van der Waals surface area contributed by atoms with E-state index in [2.05, 4.69) is 22.1 Å². The summed E-state index contributed by atoms with van der Waals surface area (Å²) in [6.07, 6.45) is 3.57. The number of benzene rings is 2. The number of carbonyl (C=O) groups is 1. The molecule has 0 saturated carbocycles. The number of hydrogen-bond acceptors (Lipinski definition) is 6. The summed E-state index contributed by atoms with van der Waals surface area (Å²) in [7, 11) is 1.37. The normalized spacial score (nSPS) is 12.2. The van der Waals surface area contributed by atoms with E-state index in [4.69, 9.17) is 4.74 Å². The van der Waals surface area contributed by atoms with Gasteiger partial charge in [0.25, 0.3) is 0 Å². The van der Waals surface area contributed by atoms with E-state index >= 15 is 0 Å². The molecular weight excluding hydrogens is 409 g/mol. The first-order chi connectivity index (χ1) is 15.5. The summed E-state index contributed by atoms with van der Waals surface area (Å²) in [5, 5.41) is 13.8. The van der Waals surface area contributed by atoms with Crippen LogP contribution in [0.2, 0.25) is 0 Å². The summed E-state index contributed by atoms with van der Waals surface area (Å²) < 4.78 is 18.2. The smallest absolute Gasteiger partial charge is 0.337 e. The van der Waals surface area contributed by atoms with Gasteiger partial charge in [-0.1, -0.05) is 12.1 Å². The maximum absolute atomic E-state index is 13.5. The van der Waals surface area contributed by atoms with E-state index in [-0.39, 0.29) is 24.4 Å². The van der Waals surface area contributed by atoms with Crippen molar-refractivity contribution in [3.05, 3.63) is 71.7 Å². The minimum Gasteiger partial charge on any atom is -0.465 e. The fraction of sp³-hybridized carbons (Fsp3) is 0.360. The Bertz CT molecular complexity index is 1030. The van der Waals surface area contributed by atoms with Crippen molar-refractivity contribution in [2.75, 3.05) is 32.1 Å². The molecule has 0 aliphatic carbocycles. The molecule has 1 heterocycles. The molecule has 0 amide bonds. The Hall–Kier alpha value is -3.03. The number of ether oxygens (including phenoxy) is 1. The summed E-state index contributed by atoms with van der Waals surface area (Å²) in [5.41, 5.74) is 3.18. The van der Waals surface area contributed by atoms with Crippen LogP contribution in [-0.4, -0.2) is 53.8 Å². The van der Waals surface area contributed by atoms with Crippen LogP contribution in [0.15, 0.2) is 54.7 Å². The molecule has 2 N–H and O–H groups in total. The number of anilines is 1. The Morgan fingerprint density at radius 3 is 2.69 bits per heavy atom. The summed E-state index contributed by atoms with van der Waals surface area (Å²) in [5.74, 6) is -0.642. The zero-order chi connectivity index (χ0) is 22.9. The highest BCUT2D eigenvalue weighted by atomic mass is 19.1. The lowest BCUT2D eigenvalue weighted by molar-refractivity contribution is 0.0600. The van der Waals surface area contributed by atoms with Crippen LogP contribution < -0.4 is 5.32 Å². The van der Waals surface area contributed by atoms with Crippen LogP contribution in [0.5, 0.6) is 0 Å². The van der Waals surface area contributed by atoms with E-state index in [1.54, 1.807) is 24.4 Å². The third-order valence-electron chi connectivity index (χ3n) is 5.42. The molecule has 0 aliphatic heterocycles. The number of esters is 1. The van der Waals surface area contributed by atoms with Gasteiger partial charge in [0, 0.05) is 42.5 Å². The zero-order valence-corrected chi connectivity index (χ0v) is 18.6. The number of methoxy groups -OCH3 is 1. The van der Waals surface area contributed by atoms with Gasteiger partial charge in [0.2, 0.25) is 0 Å². The zero-order valence-electron chi connectivity index (χ0n) is 18.6.